The lowest BCUT2D eigenvalue weighted by Crippen LogP contribution is -2.35. The highest BCUT2D eigenvalue weighted by Gasteiger charge is 2.19. The zero-order valence-electron chi connectivity index (χ0n) is 11.6. The molecule has 2 amide bonds. The first kappa shape index (κ1) is 16.6. The van der Waals surface area contributed by atoms with E-state index < -0.39 is 5.97 Å². The summed E-state index contributed by atoms with van der Waals surface area (Å²) in [5.74, 6) is -1.76. The molecule has 0 radical (unpaired) electrons. The van der Waals surface area contributed by atoms with Gasteiger partial charge in [0.25, 0.3) is 0 Å². The van der Waals surface area contributed by atoms with Crippen molar-refractivity contribution in [1.29, 1.82) is 0 Å². The molecule has 0 aromatic carbocycles. The Bertz CT molecular complexity index is 527. The van der Waals surface area contributed by atoms with Gasteiger partial charge < -0.3 is 21.5 Å². The predicted molar refractivity (Wildman–Crippen MR) is 71.4 cm³/mol. The Kier molecular flexibility index (Phi) is 6.27. The average molecular weight is 298 g/mol. The predicted octanol–water partition coefficient (Wildman–Crippen LogP) is -2.27. The molecule has 0 fully saturated rings. The molecule has 1 rings (SSSR count). The number of nitrogens with one attached hydrogen (secondary N) is 2. The molecular formula is C11H18N6O4. The Labute approximate surface area is 120 Å². The van der Waals surface area contributed by atoms with E-state index in [2.05, 4.69) is 20.9 Å². The molecule has 10 nitrogen and oxygen atoms in total. The molecule has 1 aromatic rings. The van der Waals surface area contributed by atoms with Gasteiger partial charge in [-0.3, -0.25) is 9.59 Å². The van der Waals surface area contributed by atoms with Crippen molar-refractivity contribution in [1.82, 2.24) is 25.6 Å². The van der Waals surface area contributed by atoms with Gasteiger partial charge in [-0.2, -0.15) is 0 Å². The second kappa shape index (κ2) is 7.94. The maximum Gasteiger partial charge on any atom is 0.358 e. The van der Waals surface area contributed by atoms with Crippen LogP contribution in [0.1, 0.15) is 23.1 Å². The summed E-state index contributed by atoms with van der Waals surface area (Å²) in [5, 5.41) is 21.3. The summed E-state index contributed by atoms with van der Waals surface area (Å²) < 4.78 is 1.21. The van der Waals surface area contributed by atoms with Crippen molar-refractivity contribution in [3.63, 3.8) is 0 Å². The van der Waals surface area contributed by atoms with Crippen molar-refractivity contribution in [2.75, 3.05) is 19.6 Å². The van der Waals surface area contributed by atoms with E-state index in [1.54, 1.807) is 0 Å². The summed E-state index contributed by atoms with van der Waals surface area (Å²) in [6, 6.07) is 0. The summed E-state index contributed by atoms with van der Waals surface area (Å²) in [4.78, 5) is 33.3. The molecule has 0 aliphatic carbocycles. The topological polar surface area (TPSA) is 152 Å². The highest BCUT2D eigenvalue weighted by atomic mass is 16.4. The largest absolute Gasteiger partial charge is 0.476 e. The van der Waals surface area contributed by atoms with Crippen molar-refractivity contribution in [3.05, 3.63) is 11.4 Å². The van der Waals surface area contributed by atoms with Crippen LogP contribution in [0.5, 0.6) is 0 Å². The summed E-state index contributed by atoms with van der Waals surface area (Å²) in [6.07, 6.45) is 0.258. The first-order valence-electron chi connectivity index (χ1n) is 6.32. The second-order valence-corrected chi connectivity index (χ2v) is 4.22. The van der Waals surface area contributed by atoms with Crippen LogP contribution in [0.4, 0.5) is 0 Å². The molecule has 0 aliphatic rings. The molecule has 1 heterocycles. The molecule has 0 bridgehead atoms. The summed E-state index contributed by atoms with van der Waals surface area (Å²) in [7, 11) is 0. The fraction of sp³-hybridized carbons (Fsp3) is 0.545. The van der Waals surface area contributed by atoms with E-state index in [1.165, 1.54) is 11.6 Å². The van der Waals surface area contributed by atoms with Crippen molar-refractivity contribution < 1.29 is 19.5 Å². The van der Waals surface area contributed by atoms with Crippen molar-refractivity contribution in [2.45, 2.75) is 19.9 Å². The van der Waals surface area contributed by atoms with Gasteiger partial charge in [0.05, 0.1) is 5.69 Å². The summed E-state index contributed by atoms with van der Waals surface area (Å²) >= 11 is 0. The van der Waals surface area contributed by atoms with Crippen LogP contribution in [0, 0.1) is 0 Å². The Morgan fingerprint density at radius 3 is 2.52 bits per heavy atom. The van der Waals surface area contributed by atoms with Crippen LogP contribution in [-0.2, 0) is 22.6 Å². The van der Waals surface area contributed by atoms with Crippen molar-refractivity contribution in [2.24, 2.45) is 5.73 Å². The third-order valence-electron chi connectivity index (χ3n) is 2.54. The average Bonchev–Trinajstić information content (AvgIpc) is 2.78. The summed E-state index contributed by atoms with van der Waals surface area (Å²) in [5.41, 5.74) is 5.52. The monoisotopic (exact) mass is 298 g/mol. The number of carbonyl (C=O) groups excluding carboxylic acids is 2. The lowest BCUT2D eigenvalue weighted by molar-refractivity contribution is -0.122. The molecule has 21 heavy (non-hydrogen) atoms. The number of carboxylic acid groups (broad SMARTS) is 1. The standard InChI is InChI=1S/C11H18N6O4/c1-7(18)13-4-5-14-9(19)6-17-8(2-3-12)10(11(20)21)15-16-17/h2-6,12H2,1H3,(H,13,18)(H,14,19)(H,20,21). The Morgan fingerprint density at radius 1 is 1.29 bits per heavy atom. The fourth-order valence-electron chi connectivity index (χ4n) is 1.64. The summed E-state index contributed by atoms with van der Waals surface area (Å²) in [6.45, 7) is 2.02. The molecule has 0 saturated carbocycles. The van der Waals surface area contributed by atoms with Crippen LogP contribution in [0.2, 0.25) is 0 Å². The fourth-order valence-corrected chi connectivity index (χ4v) is 1.64. The van der Waals surface area contributed by atoms with Crippen LogP contribution in [0.25, 0.3) is 0 Å². The number of aromatic carboxylic acids is 1. The molecule has 0 aliphatic heterocycles. The van der Waals surface area contributed by atoms with E-state index >= 15 is 0 Å². The molecule has 5 N–H and O–H groups in total. The number of hydrogen-bond donors (Lipinski definition) is 4. The minimum atomic E-state index is -1.21. The third kappa shape index (κ3) is 5.18. The number of nitrogens with zero attached hydrogens (tertiary/aromatic N) is 3. The highest BCUT2D eigenvalue weighted by Crippen LogP contribution is 2.06. The smallest absolute Gasteiger partial charge is 0.358 e. The van der Waals surface area contributed by atoms with Gasteiger partial charge in [0.15, 0.2) is 5.69 Å². The van der Waals surface area contributed by atoms with Gasteiger partial charge in [-0.05, 0) is 6.54 Å². The quantitative estimate of drug-likeness (QED) is 0.395. The molecule has 0 saturated heterocycles. The minimum Gasteiger partial charge on any atom is -0.476 e. The van der Waals surface area contributed by atoms with Crippen molar-refractivity contribution >= 4 is 17.8 Å². The Morgan fingerprint density at radius 2 is 1.95 bits per heavy atom. The first-order valence-corrected chi connectivity index (χ1v) is 6.32. The zero-order chi connectivity index (χ0) is 15.8. The molecule has 0 atom stereocenters. The van der Waals surface area contributed by atoms with E-state index in [0.717, 1.165) is 0 Å². The van der Waals surface area contributed by atoms with Crippen molar-refractivity contribution in [3.8, 4) is 0 Å². The van der Waals surface area contributed by atoms with E-state index in [1.807, 2.05) is 0 Å². The number of nitrogens with two attached hydrogens (primary N) is 1. The number of amides is 2. The third-order valence-corrected chi connectivity index (χ3v) is 2.54. The zero-order valence-corrected chi connectivity index (χ0v) is 11.6. The lowest BCUT2D eigenvalue weighted by Gasteiger charge is -2.08. The number of aromatic nitrogens is 3. The molecule has 1 aromatic heterocycles. The van der Waals surface area contributed by atoms with E-state index in [9.17, 15) is 14.4 Å². The molecule has 0 spiro atoms. The number of hydrogen-bond acceptors (Lipinski definition) is 6. The first-order chi connectivity index (χ1) is 9.95. The van der Waals surface area contributed by atoms with Gasteiger partial charge in [-0.25, -0.2) is 9.48 Å². The lowest BCUT2D eigenvalue weighted by atomic mass is 10.2. The van der Waals surface area contributed by atoms with Gasteiger partial charge in [-0.1, -0.05) is 5.21 Å². The molecule has 116 valence electrons. The molecule has 10 heteroatoms. The van der Waals surface area contributed by atoms with Crippen LogP contribution < -0.4 is 16.4 Å². The van der Waals surface area contributed by atoms with Gasteiger partial charge in [0.2, 0.25) is 11.8 Å². The van der Waals surface area contributed by atoms with E-state index in [0.29, 0.717) is 12.2 Å². The Balaban J connectivity index is 2.59. The highest BCUT2D eigenvalue weighted by molar-refractivity contribution is 5.86. The molecule has 0 unspecified atom stereocenters. The SMILES string of the molecule is CC(=O)NCCNC(=O)Cn1nnc(C(=O)O)c1CCN. The number of carbonyl (C=O) groups is 3. The minimum absolute atomic E-state index is 0.157. The van der Waals surface area contributed by atoms with Gasteiger partial charge in [0.1, 0.15) is 6.54 Å². The number of carboxylic acids is 1. The van der Waals surface area contributed by atoms with Crippen LogP contribution >= 0.6 is 0 Å². The molecular weight excluding hydrogens is 280 g/mol. The second-order valence-electron chi connectivity index (χ2n) is 4.22. The Hall–Kier alpha value is -2.49. The van der Waals surface area contributed by atoms with Gasteiger partial charge in [-0.15, -0.1) is 5.10 Å². The van der Waals surface area contributed by atoms with Gasteiger partial charge >= 0.3 is 5.97 Å². The number of rotatable bonds is 8. The van der Waals surface area contributed by atoms with E-state index in [-0.39, 0.29) is 43.6 Å². The van der Waals surface area contributed by atoms with Crippen LogP contribution in [-0.4, -0.2) is 57.5 Å². The maximum atomic E-state index is 11.7. The van der Waals surface area contributed by atoms with Gasteiger partial charge in [0, 0.05) is 26.4 Å². The van der Waals surface area contributed by atoms with E-state index in [4.69, 9.17) is 10.8 Å². The maximum absolute atomic E-state index is 11.7. The van der Waals surface area contributed by atoms with Crippen LogP contribution in [0.15, 0.2) is 0 Å². The normalized spacial score (nSPS) is 10.2. The van der Waals surface area contributed by atoms with Crippen LogP contribution in [0.3, 0.4) is 0 Å².